The van der Waals surface area contributed by atoms with Gasteiger partial charge < -0.3 is 0 Å². The molecule has 0 spiro atoms. The Kier molecular flexibility index (Phi) is 2.37. The van der Waals surface area contributed by atoms with Gasteiger partial charge in [-0.1, -0.05) is 15.9 Å². The van der Waals surface area contributed by atoms with Gasteiger partial charge in [0.2, 0.25) is 0 Å². The van der Waals surface area contributed by atoms with Gasteiger partial charge in [0.05, 0.1) is 5.69 Å². The van der Waals surface area contributed by atoms with Crippen LogP contribution in [-0.2, 0) is 0 Å². The van der Waals surface area contributed by atoms with E-state index in [4.69, 9.17) is 0 Å². The van der Waals surface area contributed by atoms with Crippen molar-refractivity contribution in [3.05, 3.63) is 40.4 Å². The quantitative estimate of drug-likeness (QED) is 0.781. The van der Waals surface area contributed by atoms with Gasteiger partial charge >= 0.3 is 0 Å². The Morgan fingerprint density at radius 3 is 2.64 bits per heavy atom. The molecule has 0 N–H and O–H groups in total. The third-order valence-corrected chi connectivity index (χ3v) is 2.51. The van der Waals surface area contributed by atoms with E-state index < -0.39 is 0 Å². The summed E-state index contributed by atoms with van der Waals surface area (Å²) in [7, 11) is 0. The molecule has 0 bridgehead atoms. The van der Waals surface area contributed by atoms with Crippen LogP contribution in [0.2, 0.25) is 0 Å². The summed E-state index contributed by atoms with van der Waals surface area (Å²) in [5, 5.41) is 4.26. The van der Waals surface area contributed by atoms with Crippen LogP contribution in [0.1, 0.15) is 11.4 Å². The largest absolute Gasteiger partial charge is 0.221 e. The summed E-state index contributed by atoms with van der Waals surface area (Å²) in [5.41, 5.74) is 2.23. The van der Waals surface area contributed by atoms with Crippen LogP contribution in [0.5, 0.6) is 0 Å². The first kappa shape index (κ1) is 9.40. The lowest BCUT2D eigenvalue weighted by Gasteiger charge is -2.04. The fraction of sp³-hybridized carbons (Fsp3) is 0.200. The molecule has 1 heterocycles. The average molecular weight is 252 g/mol. The summed E-state index contributed by atoms with van der Waals surface area (Å²) < 4.78 is 2.87. The summed E-state index contributed by atoms with van der Waals surface area (Å²) in [5.74, 6) is 0.785. The lowest BCUT2D eigenvalue weighted by atomic mass is 10.2. The zero-order valence-corrected chi connectivity index (χ0v) is 9.62. The van der Waals surface area contributed by atoms with Gasteiger partial charge in [-0.25, -0.2) is 9.67 Å². The number of hydrogen-bond donors (Lipinski definition) is 0. The number of halogens is 1. The van der Waals surface area contributed by atoms with Crippen LogP contribution in [0.25, 0.3) is 5.69 Å². The molecule has 0 aliphatic heterocycles. The molecule has 0 unspecified atom stereocenters. The van der Waals surface area contributed by atoms with Gasteiger partial charge in [-0.3, -0.25) is 0 Å². The van der Waals surface area contributed by atoms with E-state index in [1.54, 1.807) is 11.0 Å². The third-order valence-electron chi connectivity index (χ3n) is 2.01. The van der Waals surface area contributed by atoms with Gasteiger partial charge in [-0.05, 0) is 37.6 Å². The smallest absolute Gasteiger partial charge is 0.147 e. The highest BCUT2D eigenvalue weighted by molar-refractivity contribution is 9.10. The first-order valence-electron chi connectivity index (χ1n) is 4.31. The Morgan fingerprint density at radius 1 is 1.29 bits per heavy atom. The second-order valence-corrected chi connectivity index (χ2v) is 4.08. The molecule has 72 valence electrons. The molecular weight excluding hydrogens is 242 g/mol. The first-order chi connectivity index (χ1) is 6.66. The van der Waals surface area contributed by atoms with E-state index in [-0.39, 0.29) is 0 Å². The van der Waals surface area contributed by atoms with Gasteiger partial charge in [0, 0.05) is 4.47 Å². The predicted molar refractivity (Wildman–Crippen MR) is 58.5 cm³/mol. The second-order valence-electron chi connectivity index (χ2n) is 3.17. The SMILES string of the molecule is Cc1ncn(-c2ccc(Br)cc2C)n1. The lowest BCUT2D eigenvalue weighted by molar-refractivity contribution is 0.855. The van der Waals surface area contributed by atoms with E-state index in [0.717, 1.165) is 16.0 Å². The fourth-order valence-corrected chi connectivity index (χ4v) is 1.81. The standard InChI is InChI=1S/C10H10BrN3/c1-7-5-9(11)3-4-10(7)14-6-12-8(2)13-14/h3-6H,1-2H3. The van der Waals surface area contributed by atoms with Crippen molar-refractivity contribution in [1.29, 1.82) is 0 Å². The van der Waals surface area contributed by atoms with E-state index in [0.29, 0.717) is 0 Å². The number of aromatic nitrogens is 3. The van der Waals surface area contributed by atoms with Crippen molar-refractivity contribution >= 4 is 15.9 Å². The topological polar surface area (TPSA) is 30.7 Å². The normalized spacial score (nSPS) is 10.5. The third kappa shape index (κ3) is 1.70. The van der Waals surface area contributed by atoms with Crippen molar-refractivity contribution in [3.63, 3.8) is 0 Å². The van der Waals surface area contributed by atoms with Gasteiger partial charge in [-0.15, -0.1) is 0 Å². The zero-order valence-electron chi connectivity index (χ0n) is 8.03. The monoisotopic (exact) mass is 251 g/mol. The van der Waals surface area contributed by atoms with Crippen LogP contribution in [0.3, 0.4) is 0 Å². The van der Waals surface area contributed by atoms with Gasteiger partial charge in [-0.2, -0.15) is 5.10 Å². The summed E-state index contributed by atoms with van der Waals surface area (Å²) in [6, 6.07) is 6.08. The number of benzene rings is 1. The number of hydrogen-bond acceptors (Lipinski definition) is 2. The summed E-state index contributed by atoms with van der Waals surface area (Å²) in [6.45, 7) is 3.93. The molecule has 0 aliphatic carbocycles. The van der Waals surface area contributed by atoms with E-state index in [1.165, 1.54) is 5.56 Å². The Morgan fingerprint density at radius 2 is 2.07 bits per heavy atom. The van der Waals surface area contributed by atoms with Gasteiger partial charge in [0.25, 0.3) is 0 Å². The molecule has 0 aliphatic rings. The molecule has 4 heteroatoms. The molecule has 1 aromatic heterocycles. The van der Waals surface area contributed by atoms with Crippen molar-refractivity contribution in [1.82, 2.24) is 14.8 Å². The molecule has 0 saturated carbocycles. The Balaban J connectivity index is 2.52. The summed E-state index contributed by atoms with van der Waals surface area (Å²) in [4.78, 5) is 4.10. The number of nitrogens with zero attached hydrogens (tertiary/aromatic N) is 3. The molecule has 0 atom stereocenters. The van der Waals surface area contributed by atoms with E-state index in [2.05, 4.69) is 39.0 Å². The minimum Gasteiger partial charge on any atom is -0.221 e. The molecule has 0 saturated heterocycles. The summed E-state index contributed by atoms with van der Waals surface area (Å²) in [6.07, 6.45) is 1.73. The predicted octanol–water partition coefficient (Wildman–Crippen LogP) is 2.65. The Bertz CT molecular complexity index is 462. The van der Waals surface area contributed by atoms with Crippen molar-refractivity contribution in [2.75, 3.05) is 0 Å². The van der Waals surface area contributed by atoms with E-state index in [1.807, 2.05) is 19.1 Å². The lowest BCUT2D eigenvalue weighted by Crippen LogP contribution is -1.97. The molecule has 2 aromatic rings. The Hall–Kier alpha value is -1.16. The highest BCUT2D eigenvalue weighted by Crippen LogP contribution is 2.18. The molecule has 0 fully saturated rings. The van der Waals surface area contributed by atoms with E-state index in [9.17, 15) is 0 Å². The number of rotatable bonds is 1. The zero-order chi connectivity index (χ0) is 10.1. The van der Waals surface area contributed by atoms with Crippen LogP contribution < -0.4 is 0 Å². The van der Waals surface area contributed by atoms with Crippen LogP contribution in [0, 0.1) is 13.8 Å². The first-order valence-corrected chi connectivity index (χ1v) is 5.11. The van der Waals surface area contributed by atoms with E-state index >= 15 is 0 Å². The van der Waals surface area contributed by atoms with Crippen molar-refractivity contribution in [2.45, 2.75) is 13.8 Å². The van der Waals surface area contributed by atoms with Crippen molar-refractivity contribution in [2.24, 2.45) is 0 Å². The molecule has 0 amide bonds. The highest BCUT2D eigenvalue weighted by atomic mass is 79.9. The van der Waals surface area contributed by atoms with Crippen LogP contribution >= 0.6 is 15.9 Å². The highest BCUT2D eigenvalue weighted by Gasteiger charge is 2.02. The number of aryl methyl sites for hydroxylation is 2. The van der Waals surface area contributed by atoms with Crippen LogP contribution in [-0.4, -0.2) is 14.8 Å². The average Bonchev–Trinajstić information content (AvgIpc) is 2.51. The molecule has 14 heavy (non-hydrogen) atoms. The van der Waals surface area contributed by atoms with Gasteiger partial charge in [0.1, 0.15) is 12.2 Å². The molecule has 3 nitrogen and oxygen atoms in total. The van der Waals surface area contributed by atoms with Crippen LogP contribution in [0.15, 0.2) is 29.0 Å². The van der Waals surface area contributed by atoms with Crippen molar-refractivity contribution < 1.29 is 0 Å². The molecule has 2 rings (SSSR count). The molecule has 0 radical (unpaired) electrons. The van der Waals surface area contributed by atoms with Crippen LogP contribution in [0.4, 0.5) is 0 Å². The maximum Gasteiger partial charge on any atom is 0.147 e. The fourth-order valence-electron chi connectivity index (χ4n) is 1.34. The maximum atomic E-state index is 4.26. The minimum absolute atomic E-state index is 0.785. The molecule has 1 aromatic carbocycles. The molecular formula is C10H10BrN3. The second kappa shape index (κ2) is 3.53. The summed E-state index contributed by atoms with van der Waals surface area (Å²) >= 11 is 3.43. The Labute approximate surface area is 90.9 Å². The van der Waals surface area contributed by atoms with Gasteiger partial charge in [0.15, 0.2) is 0 Å². The minimum atomic E-state index is 0.785. The van der Waals surface area contributed by atoms with Crippen molar-refractivity contribution in [3.8, 4) is 5.69 Å². The maximum absolute atomic E-state index is 4.26.